The number of rotatable bonds is 7. The molecule has 1 aliphatic carbocycles. The third-order valence-electron chi connectivity index (χ3n) is 9.82. The highest BCUT2D eigenvalue weighted by Gasteiger charge is 2.44. The van der Waals surface area contributed by atoms with E-state index in [1.807, 2.05) is 51.2 Å². The number of hydrogen-bond donors (Lipinski definition) is 2. The first-order valence-electron chi connectivity index (χ1n) is 17.5. The number of amides is 2. The number of nitrogens with one attached hydrogen (secondary N) is 2. The van der Waals surface area contributed by atoms with Crippen molar-refractivity contribution in [2.45, 2.75) is 78.0 Å². The van der Waals surface area contributed by atoms with Gasteiger partial charge >= 0.3 is 6.09 Å². The van der Waals surface area contributed by atoms with Gasteiger partial charge in [-0.1, -0.05) is 11.3 Å². The Labute approximate surface area is 296 Å². The first-order valence-corrected chi connectivity index (χ1v) is 18.3. The summed E-state index contributed by atoms with van der Waals surface area (Å²) >= 11 is 1.56. The van der Waals surface area contributed by atoms with Crippen LogP contribution in [-0.2, 0) is 9.53 Å². The SMILES string of the molecule is CC(C)Nc1cc(-c2ccc3cc(C#N)cnn23)ncc1-c1nnc(N2C[C@@H]3CC[C@@H](C2)C3NC(=O)C2CCN(C(=O)OC(C)(C)C)CC2)s1. The number of carbonyl (C=O) groups excluding carboxylic acids is 2. The lowest BCUT2D eigenvalue weighted by atomic mass is 9.90. The Kier molecular flexibility index (Phi) is 9.11. The fraction of sp³-hybridized carbons (Fsp3) is 0.528. The van der Waals surface area contributed by atoms with Crippen molar-refractivity contribution in [1.29, 1.82) is 5.26 Å². The predicted molar refractivity (Wildman–Crippen MR) is 192 cm³/mol. The molecular formula is C36H44N10O3S. The molecule has 0 radical (unpaired) electrons. The van der Waals surface area contributed by atoms with E-state index >= 15 is 0 Å². The van der Waals surface area contributed by atoms with E-state index in [0.29, 0.717) is 43.3 Å². The molecule has 3 aliphatic rings. The number of likely N-dealkylation sites (tertiary alicyclic amines) is 1. The molecule has 0 aromatic carbocycles. The normalized spacial score (nSPS) is 21.0. The van der Waals surface area contributed by atoms with Crippen molar-refractivity contribution in [3.63, 3.8) is 0 Å². The second-order valence-corrected chi connectivity index (χ2v) is 15.9. The van der Waals surface area contributed by atoms with Gasteiger partial charge in [-0.2, -0.15) is 10.4 Å². The van der Waals surface area contributed by atoms with Crippen molar-refractivity contribution in [3.8, 4) is 28.0 Å². The Morgan fingerprint density at radius 1 is 1.04 bits per heavy atom. The molecule has 13 nitrogen and oxygen atoms in total. The Bertz CT molecular complexity index is 1920. The van der Waals surface area contributed by atoms with Crippen molar-refractivity contribution >= 4 is 39.7 Å². The van der Waals surface area contributed by atoms with Crippen LogP contribution in [0.25, 0.3) is 27.5 Å². The second kappa shape index (κ2) is 13.5. The molecule has 2 saturated heterocycles. The Morgan fingerprint density at radius 2 is 1.78 bits per heavy atom. The molecule has 14 heteroatoms. The van der Waals surface area contributed by atoms with Gasteiger partial charge in [0.2, 0.25) is 11.0 Å². The fourth-order valence-electron chi connectivity index (χ4n) is 7.45. The molecule has 4 aromatic heterocycles. The summed E-state index contributed by atoms with van der Waals surface area (Å²) in [6.45, 7) is 12.5. The number of nitrogens with zero attached hydrogens (tertiary/aromatic N) is 8. The Balaban J connectivity index is 1.01. The number of piperidine rings is 2. The topological polar surface area (TPSA) is 154 Å². The number of hydrogen-bond acceptors (Lipinski definition) is 11. The smallest absolute Gasteiger partial charge is 0.410 e. The van der Waals surface area contributed by atoms with Gasteiger partial charge in [0, 0.05) is 56.1 Å². The first-order chi connectivity index (χ1) is 24.0. The monoisotopic (exact) mass is 696 g/mol. The summed E-state index contributed by atoms with van der Waals surface area (Å²) in [6.07, 6.45) is 6.55. The van der Waals surface area contributed by atoms with E-state index in [1.54, 1.807) is 26.9 Å². The number of anilines is 2. The van der Waals surface area contributed by atoms with Gasteiger partial charge in [0.05, 0.1) is 34.2 Å². The second-order valence-electron chi connectivity index (χ2n) is 15.0. The minimum absolute atomic E-state index is 0.0883. The molecular weight excluding hydrogens is 653 g/mol. The molecule has 2 bridgehead atoms. The summed E-state index contributed by atoms with van der Waals surface area (Å²) in [7, 11) is 0. The number of pyridine rings is 1. The van der Waals surface area contributed by atoms with Gasteiger partial charge in [-0.3, -0.25) is 9.78 Å². The van der Waals surface area contributed by atoms with E-state index in [2.05, 4.69) is 50.7 Å². The number of carbonyl (C=O) groups is 2. The highest BCUT2D eigenvalue weighted by atomic mass is 32.1. The summed E-state index contributed by atoms with van der Waals surface area (Å²) in [4.78, 5) is 34.7. The van der Waals surface area contributed by atoms with Gasteiger partial charge in [-0.25, -0.2) is 9.31 Å². The summed E-state index contributed by atoms with van der Waals surface area (Å²) in [6, 6.07) is 10.2. The van der Waals surface area contributed by atoms with Crippen LogP contribution in [0, 0.1) is 29.1 Å². The first kappa shape index (κ1) is 33.7. The van der Waals surface area contributed by atoms with Gasteiger partial charge in [-0.15, -0.1) is 10.2 Å². The molecule has 3 fully saturated rings. The van der Waals surface area contributed by atoms with Gasteiger partial charge in [0.25, 0.3) is 0 Å². The minimum atomic E-state index is -0.532. The van der Waals surface area contributed by atoms with Crippen LogP contribution in [0.3, 0.4) is 0 Å². The van der Waals surface area contributed by atoms with E-state index in [1.165, 1.54) is 0 Å². The number of fused-ring (bicyclic) bond motifs is 3. The molecule has 0 spiro atoms. The zero-order chi connectivity index (χ0) is 35.2. The molecule has 4 aromatic rings. The quantitative estimate of drug-likeness (QED) is 0.250. The molecule has 2 atom stereocenters. The molecule has 1 saturated carbocycles. The highest BCUT2D eigenvalue weighted by Crippen LogP contribution is 2.42. The van der Waals surface area contributed by atoms with Crippen LogP contribution in [0.5, 0.6) is 0 Å². The highest BCUT2D eigenvalue weighted by molar-refractivity contribution is 7.18. The van der Waals surface area contributed by atoms with Gasteiger partial charge in [0.1, 0.15) is 11.7 Å². The Hall–Kier alpha value is -4.77. The minimum Gasteiger partial charge on any atom is -0.444 e. The molecule has 7 rings (SSSR count). The van der Waals surface area contributed by atoms with Gasteiger partial charge in [-0.05, 0) is 96.4 Å². The summed E-state index contributed by atoms with van der Waals surface area (Å²) in [5.74, 6) is 0.718. The van der Waals surface area contributed by atoms with E-state index in [9.17, 15) is 14.9 Å². The van der Waals surface area contributed by atoms with Crippen molar-refractivity contribution in [2.75, 3.05) is 36.4 Å². The van der Waals surface area contributed by atoms with Crippen LogP contribution in [0.4, 0.5) is 15.6 Å². The van der Waals surface area contributed by atoms with Crippen molar-refractivity contribution in [3.05, 3.63) is 42.2 Å². The van der Waals surface area contributed by atoms with Gasteiger partial charge < -0.3 is 25.2 Å². The predicted octanol–water partition coefficient (Wildman–Crippen LogP) is 5.58. The van der Waals surface area contributed by atoms with Crippen molar-refractivity contribution in [1.82, 2.24) is 35.0 Å². The van der Waals surface area contributed by atoms with Crippen molar-refractivity contribution in [2.24, 2.45) is 17.8 Å². The zero-order valence-corrected chi connectivity index (χ0v) is 30.0. The fourth-order valence-corrected chi connectivity index (χ4v) is 8.34. The molecule has 2 amide bonds. The molecule has 262 valence electrons. The Morgan fingerprint density at radius 3 is 2.46 bits per heavy atom. The molecule has 50 heavy (non-hydrogen) atoms. The lowest BCUT2D eigenvalue weighted by Crippen LogP contribution is -2.54. The summed E-state index contributed by atoms with van der Waals surface area (Å²) in [5, 5.41) is 31.6. The number of ether oxygens (including phenoxy) is 1. The van der Waals surface area contributed by atoms with E-state index in [0.717, 1.165) is 64.2 Å². The van der Waals surface area contributed by atoms with Crippen LogP contribution in [0.2, 0.25) is 0 Å². The van der Waals surface area contributed by atoms with E-state index in [4.69, 9.17) is 9.72 Å². The maximum absolute atomic E-state index is 13.4. The summed E-state index contributed by atoms with van der Waals surface area (Å²) in [5.41, 5.74) is 4.19. The third kappa shape index (κ3) is 6.96. The van der Waals surface area contributed by atoms with Crippen LogP contribution < -0.4 is 15.5 Å². The average molecular weight is 697 g/mol. The lowest BCUT2D eigenvalue weighted by molar-refractivity contribution is -0.127. The zero-order valence-electron chi connectivity index (χ0n) is 29.2. The maximum Gasteiger partial charge on any atom is 0.410 e. The largest absolute Gasteiger partial charge is 0.444 e. The molecule has 2 N–H and O–H groups in total. The number of nitriles is 1. The molecule has 0 unspecified atom stereocenters. The van der Waals surface area contributed by atoms with Crippen LogP contribution in [0.1, 0.15) is 65.9 Å². The number of aromatic nitrogens is 5. The van der Waals surface area contributed by atoms with Gasteiger partial charge in [0.15, 0.2) is 5.01 Å². The molecule has 6 heterocycles. The summed E-state index contributed by atoms with van der Waals surface area (Å²) < 4.78 is 7.31. The lowest BCUT2D eigenvalue weighted by Gasteiger charge is -2.39. The van der Waals surface area contributed by atoms with Crippen LogP contribution >= 0.6 is 11.3 Å². The average Bonchev–Trinajstić information content (AvgIpc) is 3.79. The standard InChI is InChI=1S/C36H44N10O3S/c1-21(2)40-28-15-29(30-9-8-26-14-22(16-37)17-39-46(26)30)38-18-27(28)33-42-43-34(50-33)45-19-24-6-7-25(20-45)31(24)41-32(47)23-10-12-44(13-11-23)35(48)49-36(3,4)5/h8-9,14-15,17-18,21,23-25,31H,6-7,10-13,19-20H2,1-5H3,(H,38,40)(H,41,47)/t24-,25-/m0/s1. The third-order valence-corrected chi connectivity index (χ3v) is 10.8. The van der Waals surface area contributed by atoms with E-state index < -0.39 is 5.60 Å². The van der Waals surface area contributed by atoms with E-state index in [-0.39, 0.29) is 30.0 Å². The van der Waals surface area contributed by atoms with Crippen LogP contribution in [0.15, 0.2) is 36.7 Å². The van der Waals surface area contributed by atoms with Crippen LogP contribution in [-0.4, -0.2) is 85.6 Å². The maximum atomic E-state index is 13.4. The van der Waals surface area contributed by atoms with Crippen molar-refractivity contribution < 1.29 is 14.3 Å². The molecule has 2 aliphatic heterocycles.